The Bertz CT molecular complexity index is 837. The number of hydrogen-bond acceptors (Lipinski definition) is 4. The summed E-state index contributed by atoms with van der Waals surface area (Å²) >= 11 is 0. The maximum absolute atomic E-state index is 11.5. The van der Waals surface area contributed by atoms with E-state index in [4.69, 9.17) is 9.47 Å². The Morgan fingerprint density at radius 1 is 1.15 bits per heavy atom. The standard InChI is InChI=1S/C29H45NO3/c1-17-11-27-26(30-16-17)15-29(33-27)10-8-22-23-6-5-20-12-21(32-19(3)31)7-9-28(20,4)25(23)13-24(22)18(2)14-29/h17,20-23,25-27,30H,5-16H2,1-4H3/t17-,20+,21+,22-,23-,25-,26-,27+,28-,29-/m0/s1. The van der Waals surface area contributed by atoms with Crippen LogP contribution < -0.4 is 5.32 Å². The molecule has 3 saturated carbocycles. The summed E-state index contributed by atoms with van der Waals surface area (Å²) in [6, 6.07) is 0.575. The first kappa shape index (κ1) is 22.6. The van der Waals surface area contributed by atoms with E-state index < -0.39 is 0 Å². The molecule has 33 heavy (non-hydrogen) atoms. The van der Waals surface area contributed by atoms with Crippen molar-refractivity contribution in [2.45, 2.75) is 122 Å². The molecular formula is C29H45NO3. The fraction of sp³-hybridized carbons (Fsp3) is 0.897. The first-order valence-electron chi connectivity index (χ1n) is 14.0. The number of rotatable bonds is 1. The van der Waals surface area contributed by atoms with Crippen molar-refractivity contribution in [3.8, 4) is 0 Å². The SMILES string of the molecule is CC(=O)O[C@@H]1CC[C@@]2(C)[C@H](CC[C@H]3[C@@H]4CC[C@]5(CC(C)=C4C[C@@H]32)C[C@@H]2NC[C@@H](C)C[C@H]2O5)C1. The van der Waals surface area contributed by atoms with Gasteiger partial charge >= 0.3 is 5.97 Å². The van der Waals surface area contributed by atoms with Crippen LogP contribution in [0, 0.1) is 35.0 Å². The van der Waals surface area contributed by atoms with Crippen LogP contribution in [0.3, 0.4) is 0 Å². The van der Waals surface area contributed by atoms with Crippen molar-refractivity contribution in [3.63, 3.8) is 0 Å². The van der Waals surface area contributed by atoms with Gasteiger partial charge in [-0.15, -0.1) is 0 Å². The second-order valence-electron chi connectivity index (χ2n) is 13.3. The van der Waals surface area contributed by atoms with Crippen molar-refractivity contribution >= 4 is 5.97 Å². The van der Waals surface area contributed by atoms with Crippen LogP contribution in [0.5, 0.6) is 0 Å². The van der Waals surface area contributed by atoms with Crippen molar-refractivity contribution in [2.24, 2.45) is 35.0 Å². The summed E-state index contributed by atoms with van der Waals surface area (Å²) in [7, 11) is 0. The lowest BCUT2D eigenvalue weighted by Gasteiger charge is -2.54. The van der Waals surface area contributed by atoms with E-state index in [0.717, 1.165) is 55.4 Å². The largest absolute Gasteiger partial charge is 0.463 e. The minimum Gasteiger partial charge on any atom is -0.463 e. The van der Waals surface area contributed by atoms with E-state index in [0.29, 0.717) is 17.6 Å². The first-order chi connectivity index (χ1) is 15.8. The molecule has 5 fully saturated rings. The fourth-order valence-corrected chi connectivity index (χ4v) is 9.74. The van der Waals surface area contributed by atoms with Gasteiger partial charge in [-0.2, -0.15) is 0 Å². The first-order valence-corrected chi connectivity index (χ1v) is 14.0. The van der Waals surface area contributed by atoms with Gasteiger partial charge in [0.15, 0.2) is 0 Å². The lowest BCUT2D eigenvalue weighted by molar-refractivity contribution is -0.154. The number of allylic oxidation sites excluding steroid dienone is 1. The predicted octanol–water partition coefficient (Wildman–Crippen LogP) is 5.80. The Balaban J connectivity index is 1.20. The van der Waals surface area contributed by atoms with Crippen LogP contribution in [0.15, 0.2) is 11.1 Å². The van der Waals surface area contributed by atoms with E-state index in [-0.39, 0.29) is 17.7 Å². The highest BCUT2D eigenvalue weighted by molar-refractivity contribution is 5.66. The van der Waals surface area contributed by atoms with Gasteiger partial charge < -0.3 is 14.8 Å². The number of nitrogens with one attached hydrogen (secondary N) is 1. The number of esters is 1. The molecule has 0 radical (unpaired) electrons. The van der Waals surface area contributed by atoms with Gasteiger partial charge in [-0.1, -0.05) is 25.0 Å². The molecule has 2 heterocycles. The summed E-state index contributed by atoms with van der Waals surface area (Å²) in [6.45, 7) is 10.1. The molecule has 0 aromatic carbocycles. The van der Waals surface area contributed by atoms with Gasteiger partial charge in [-0.05, 0) is 119 Å². The van der Waals surface area contributed by atoms with E-state index in [1.165, 1.54) is 51.4 Å². The number of hydrogen-bond donors (Lipinski definition) is 1. The second kappa shape index (κ2) is 8.08. The maximum Gasteiger partial charge on any atom is 0.302 e. The number of carbonyl (C=O) groups is 1. The molecule has 2 saturated heterocycles. The Labute approximate surface area is 200 Å². The third-order valence-electron chi connectivity index (χ3n) is 11.3. The monoisotopic (exact) mass is 455 g/mol. The predicted molar refractivity (Wildman–Crippen MR) is 130 cm³/mol. The minimum absolute atomic E-state index is 0.0898. The number of carbonyl (C=O) groups excluding carboxylic acids is 1. The summed E-state index contributed by atoms with van der Waals surface area (Å²) in [6.07, 6.45) is 14.2. The van der Waals surface area contributed by atoms with Gasteiger partial charge in [0, 0.05) is 13.0 Å². The number of piperidine rings is 1. The summed E-state index contributed by atoms with van der Waals surface area (Å²) in [5.41, 5.74) is 4.01. The van der Waals surface area contributed by atoms with Gasteiger partial charge in [0.1, 0.15) is 6.10 Å². The molecule has 6 rings (SSSR count). The molecule has 184 valence electrons. The van der Waals surface area contributed by atoms with E-state index in [9.17, 15) is 4.79 Å². The molecule has 0 amide bonds. The molecular weight excluding hydrogens is 410 g/mol. The van der Waals surface area contributed by atoms with Gasteiger partial charge in [0.05, 0.1) is 11.7 Å². The van der Waals surface area contributed by atoms with E-state index in [2.05, 4.69) is 26.1 Å². The van der Waals surface area contributed by atoms with E-state index in [1.54, 1.807) is 12.5 Å². The van der Waals surface area contributed by atoms with Crippen LogP contribution in [0.1, 0.15) is 98.3 Å². The van der Waals surface area contributed by atoms with Crippen molar-refractivity contribution in [1.29, 1.82) is 0 Å². The lowest BCUT2D eigenvalue weighted by Crippen LogP contribution is -2.47. The Morgan fingerprint density at radius 3 is 2.82 bits per heavy atom. The summed E-state index contributed by atoms with van der Waals surface area (Å²) in [4.78, 5) is 11.5. The van der Waals surface area contributed by atoms with Crippen LogP contribution in [-0.2, 0) is 14.3 Å². The summed E-state index contributed by atoms with van der Waals surface area (Å²) < 4.78 is 12.6. The average Bonchev–Trinajstić information content (AvgIpc) is 3.27. The highest BCUT2D eigenvalue weighted by Gasteiger charge is 2.58. The van der Waals surface area contributed by atoms with E-state index >= 15 is 0 Å². The maximum atomic E-state index is 11.5. The van der Waals surface area contributed by atoms with Crippen LogP contribution in [0.2, 0.25) is 0 Å². The quantitative estimate of drug-likeness (QED) is 0.401. The topological polar surface area (TPSA) is 47.6 Å². The fourth-order valence-electron chi connectivity index (χ4n) is 9.74. The minimum atomic E-state index is -0.103. The zero-order valence-corrected chi connectivity index (χ0v) is 21.3. The van der Waals surface area contributed by atoms with Gasteiger partial charge in [0.2, 0.25) is 0 Å². The third-order valence-corrected chi connectivity index (χ3v) is 11.3. The zero-order valence-electron chi connectivity index (χ0n) is 21.3. The molecule has 0 bridgehead atoms. The summed E-state index contributed by atoms with van der Waals surface area (Å²) in [5.74, 6) is 3.83. The van der Waals surface area contributed by atoms with Crippen LogP contribution in [0.4, 0.5) is 0 Å². The number of fused-ring (bicyclic) bond motifs is 6. The summed E-state index contributed by atoms with van der Waals surface area (Å²) in [5, 5.41) is 3.81. The molecule has 4 aliphatic carbocycles. The lowest BCUT2D eigenvalue weighted by atomic mass is 9.52. The van der Waals surface area contributed by atoms with Crippen molar-refractivity contribution < 1.29 is 14.3 Å². The molecule has 2 aliphatic heterocycles. The van der Waals surface area contributed by atoms with Gasteiger partial charge in [-0.25, -0.2) is 0 Å². The Kier molecular flexibility index (Phi) is 5.53. The Morgan fingerprint density at radius 2 is 2.00 bits per heavy atom. The molecule has 6 aliphatic rings. The number of ether oxygens (including phenoxy) is 2. The van der Waals surface area contributed by atoms with Crippen LogP contribution in [0.25, 0.3) is 0 Å². The van der Waals surface area contributed by atoms with Crippen molar-refractivity contribution in [3.05, 3.63) is 11.1 Å². The second-order valence-corrected chi connectivity index (χ2v) is 13.3. The molecule has 0 aromatic rings. The average molecular weight is 456 g/mol. The normalized spacial score (nSPS) is 51.4. The molecule has 4 heteroatoms. The van der Waals surface area contributed by atoms with E-state index in [1.807, 2.05) is 5.57 Å². The van der Waals surface area contributed by atoms with Gasteiger partial charge in [-0.3, -0.25) is 4.79 Å². The molecule has 1 N–H and O–H groups in total. The molecule has 0 aromatic heterocycles. The third kappa shape index (κ3) is 3.73. The van der Waals surface area contributed by atoms with Crippen LogP contribution in [-0.4, -0.2) is 36.4 Å². The van der Waals surface area contributed by atoms with Crippen molar-refractivity contribution in [2.75, 3.05) is 6.54 Å². The molecule has 10 atom stereocenters. The molecule has 0 unspecified atom stereocenters. The molecule has 1 spiro atoms. The highest BCUT2D eigenvalue weighted by atomic mass is 16.5. The molecule has 4 nitrogen and oxygen atoms in total. The zero-order chi connectivity index (χ0) is 23.0. The highest BCUT2D eigenvalue weighted by Crippen LogP contribution is 2.65. The smallest absolute Gasteiger partial charge is 0.302 e. The van der Waals surface area contributed by atoms with Gasteiger partial charge in [0.25, 0.3) is 0 Å². The van der Waals surface area contributed by atoms with Crippen molar-refractivity contribution in [1.82, 2.24) is 5.32 Å². The Hall–Kier alpha value is -0.870. The van der Waals surface area contributed by atoms with Crippen LogP contribution >= 0.6 is 0 Å².